The molecule has 144 valence electrons. The van der Waals surface area contributed by atoms with E-state index in [9.17, 15) is 10.4 Å². The molecule has 1 fully saturated rings. The van der Waals surface area contributed by atoms with Crippen LogP contribution in [0.25, 0.3) is 15.8 Å². The zero-order valence-electron chi connectivity index (χ0n) is 15.6. The second kappa shape index (κ2) is 8.33. The molecule has 28 heavy (non-hydrogen) atoms. The molecule has 1 aliphatic carbocycles. The minimum Gasteiger partial charge on any atom is -0.510 e. The molecule has 8 heteroatoms. The molecule has 2 aromatic heterocycles. The summed E-state index contributed by atoms with van der Waals surface area (Å²) < 4.78 is 3.19. The van der Waals surface area contributed by atoms with Gasteiger partial charge in [-0.3, -0.25) is 0 Å². The maximum Gasteiger partial charge on any atom is 0.191 e. The van der Waals surface area contributed by atoms with Crippen LogP contribution in [0.2, 0.25) is 0 Å². The molecule has 2 heterocycles. The number of benzene rings is 1. The van der Waals surface area contributed by atoms with Gasteiger partial charge in [0.25, 0.3) is 0 Å². The van der Waals surface area contributed by atoms with Gasteiger partial charge in [0.2, 0.25) is 0 Å². The van der Waals surface area contributed by atoms with E-state index in [2.05, 4.69) is 25.8 Å². The van der Waals surface area contributed by atoms with Gasteiger partial charge in [-0.15, -0.1) is 21.5 Å². The van der Waals surface area contributed by atoms with Crippen molar-refractivity contribution < 1.29 is 5.11 Å². The van der Waals surface area contributed by atoms with Crippen LogP contribution in [0.15, 0.2) is 35.2 Å². The molecular formula is C20H21N5OS2. The van der Waals surface area contributed by atoms with Gasteiger partial charge in [0.05, 0.1) is 16.0 Å². The summed E-state index contributed by atoms with van der Waals surface area (Å²) in [7, 11) is 0. The SMILES string of the molecule is Cc1nnc(SC/C(O)=C(\C#N)c2nc3ccccc3s2)n1C1CCCCC1. The molecule has 0 amide bonds. The standard InChI is InChI=1S/C20H21N5OS2/c1-13-23-24-20(25(13)14-7-3-2-4-8-14)27-12-17(26)15(11-21)19-22-16-9-5-6-10-18(16)28-19/h5-6,9-10,14,26H,2-4,7-8,12H2,1H3/b17-15-. The Morgan fingerprint density at radius 2 is 2.07 bits per heavy atom. The summed E-state index contributed by atoms with van der Waals surface area (Å²) in [6.45, 7) is 1.98. The van der Waals surface area contributed by atoms with Gasteiger partial charge in [0, 0.05) is 6.04 Å². The van der Waals surface area contributed by atoms with Gasteiger partial charge in [-0.05, 0) is 31.9 Å². The topological polar surface area (TPSA) is 87.6 Å². The summed E-state index contributed by atoms with van der Waals surface area (Å²) >= 11 is 2.84. The number of allylic oxidation sites excluding steroid dienone is 1. The molecule has 0 unspecified atom stereocenters. The summed E-state index contributed by atoms with van der Waals surface area (Å²) in [4.78, 5) is 4.49. The van der Waals surface area contributed by atoms with Crippen molar-refractivity contribution in [1.82, 2.24) is 19.7 Å². The van der Waals surface area contributed by atoms with Gasteiger partial charge >= 0.3 is 0 Å². The predicted octanol–water partition coefficient (Wildman–Crippen LogP) is 5.29. The Hall–Kier alpha value is -2.37. The van der Waals surface area contributed by atoms with E-state index in [-0.39, 0.29) is 17.1 Å². The van der Waals surface area contributed by atoms with Crippen LogP contribution >= 0.6 is 23.1 Å². The largest absolute Gasteiger partial charge is 0.510 e. The number of aromatic nitrogens is 4. The lowest BCUT2D eigenvalue weighted by Gasteiger charge is -2.24. The molecule has 1 saturated carbocycles. The predicted molar refractivity (Wildman–Crippen MR) is 112 cm³/mol. The molecule has 0 spiro atoms. The first-order chi connectivity index (χ1) is 13.7. The van der Waals surface area contributed by atoms with E-state index >= 15 is 0 Å². The molecule has 0 saturated heterocycles. The first kappa shape index (κ1) is 19.0. The molecule has 0 bridgehead atoms. The highest BCUT2D eigenvalue weighted by molar-refractivity contribution is 7.99. The maximum absolute atomic E-state index is 10.6. The molecule has 0 aliphatic heterocycles. The molecule has 0 atom stereocenters. The van der Waals surface area contributed by atoms with Crippen molar-refractivity contribution in [3.8, 4) is 6.07 Å². The number of para-hydroxylation sites is 1. The highest BCUT2D eigenvalue weighted by atomic mass is 32.2. The first-order valence-corrected chi connectivity index (χ1v) is 11.2. The summed E-state index contributed by atoms with van der Waals surface area (Å²) in [6.07, 6.45) is 6.03. The quantitative estimate of drug-likeness (QED) is 0.349. The van der Waals surface area contributed by atoms with E-state index in [0.29, 0.717) is 11.0 Å². The van der Waals surface area contributed by atoms with Crippen LogP contribution in [0.1, 0.15) is 49.0 Å². The van der Waals surface area contributed by atoms with Crippen molar-refractivity contribution in [2.24, 2.45) is 0 Å². The molecule has 1 aromatic carbocycles. The number of thiazole rings is 1. The monoisotopic (exact) mass is 411 g/mol. The number of nitriles is 1. The number of hydrogen-bond donors (Lipinski definition) is 1. The van der Waals surface area contributed by atoms with Crippen LogP contribution < -0.4 is 0 Å². The van der Waals surface area contributed by atoms with Crippen LogP contribution in [0.5, 0.6) is 0 Å². The molecule has 1 aliphatic rings. The van der Waals surface area contributed by atoms with Gasteiger partial charge in [-0.1, -0.05) is 43.2 Å². The Labute approximate surface area is 171 Å². The Bertz CT molecular complexity index is 1020. The third-order valence-corrected chi connectivity index (χ3v) is 7.03. The van der Waals surface area contributed by atoms with Crippen molar-refractivity contribution in [1.29, 1.82) is 5.26 Å². The van der Waals surface area contributed by atoms with E-state index in [4.69, 9.17) is 0 Å². The summed E-state index contributed by atoms with van der Waals surface area (Å²) in [6, 6.07) is 10.3. The van der Waals surface area contributed by atoms with Gasteiger partial charge < -0.3 is 9.67 Å². The average Bonchev–Trinajstić information content (AvgIpc) is 3.30. The van der Waals surface area contributed by atoms with E-state index in [1.165, 1.54) is 42.4 Å². The number of aliphatic hydroxyl groups excluding tert-OH is 1. The Balaban J connectivity index is 1.56. The maximum atomic E-state index is 10.6. The highest BCUT2D eigenvalue weighted by Gasteiger charge is 2.22. The normalized spacial score (nSPS) is 16.1. The zero-order valence-corrected chi connectivity index (χ0v) is 17.3. The fraction of sp³-hybridized carbons (Fsp3) is 0.400. The Kier molecular flexibility index (Phi) is 5.64. The van der Waals surface area contributed by atoms with Crippen molar-refractivity contribution in [2.45, 2.75) is 50.2 Å². The second-order valence-electron chi connectivity index (χ2n) is 6.90. The van der Waals surface area contributed by atoms with Gasteiger partial charge in [-0.2, -0.15) is 5.26 Å². The minimum absolute atomic E-state index is 0.0300. The molecule has 0 radical (unpaired) electrons. The smallest absolute Gasteiger partial charge is 0.191 e. The van der Waals surface area contributed by atoms with E-state index in [1.807, 2.05) is 31.2 Å². The van der Waals surface area contributed by atoms with Gasteiger partial charge in [0.1, 0.15) is 28.2 Å². The number of aliphatic hydroxyl groups is 1. The summed E-state index contributed by atoms with van der Waals surface area (Å²) in [5.74, 6) is 1.20. The van der Waals surface area contributed by atoms with Crippen molar-refractivity contribution >= 4 is 38.9 Å². The molecule has 6 nitrogen and oxygen atoms in total. The fourth-order valence-corrected chi connectivity index (χ4v) is 5.54. The number of hydrogen-bond acceptors (Lipinski definition) is 7. The van der Waals surface area contributed by atoms with Crippen molar-refractivity contribution in [3.05, 3.63) is 40.9 Å². The molecule has 4 rings (SSSR count). The summed E-state index contributed by atoms with van der Waals surface area (Å²) in [5.41, 5.74) is 1.07. The number of nitrogens with zero attached hydrogens (tertiary/aromatic N) is 5. The second-order valence-corrected chi connectivity index (χ2v) is 8.87. The number of thioether (sulfide) groups is 1. The Morgan fingerprint density at radius 1 is 1.29 bits per heavy atom. The van der Waals surface area contributed by atoms with E-state index in [1.54, 1.807) is 0 Å². The number of fused-ring (bicyclic) bond motifs is 1. The van der Waals surface area contributed by atoms with Crippen LogP contribution in [0, 0.1) is 18.3 Å². The van der Waals surface area contributed by atoms with Crippen molar-refractivity contribution in [2.75, 3.05) is 5.75 Å². The third-order valence-electron chi connectivity index (χ3n) is 5.02. The molecular weight excluding hydrogens is 390 g/mol. The first-order valence-electron chi connectivity index (χ1n) is 9.40. The van der Waals surface area contributed by atoms with Gasteiger partial charge in [-0.25, -0.2) is 4.98 Å². The van der Waals surface area contributed by atoms with Crippen LogP contribution in [0.3, 0.4) is 0 Å². The Morgan fingerprint density at radius 3 is 2.82 bits per heavy atom. The van der Waals surface area contributed by atoms with E-state index < -0.39 is 0 Å². The number of rotatable bonds is 5. The number of aryl methyl sites for hydroxylation is 1. The molecule has 3 aromatic rings. The van der Waals surface area contributed by atoms with Crippen LogP contribution in [-0.4, -0.2) is 30.6 Å². The minimum atomic E-state index is 0.0300. The van der Waals surface area contributed by atoms with Crippen molar-refractivity contribution in [3.63, 3.8) is 0 Å². The zero-order chi connectivity index (χ0) is 19.5. The third kappa shape index (κ3) is 3.77. The van der Waals surface area contributed by atoms with Crippen LogP contribution in [-0.2, 0) is 0 Å². The van der Waals surface area contributed by atoms with E-state index in [0.717, 1.165) is 34.0 Å². The lowest BCUT2D eigenvalue weighted by atomic mass is 9.95. The fourth-order valence-electron chi connectivity index (χ4n) is 3.63. The van der Waals surface area contributed by atoms with Crippen LogP contribution in [0.4, 0.5) is 0 Å². The summed E-state index contributed by atoms with van der Waals surface area (Å²) in [5, 5.41) is 30.1. The lowest BCUT2D eigenvalue weighted by molar-refractivity contribution is 0.332. The average molecular weight is 412 g/mol. The van der Waals surface area contributed by atoms with Gasteiger partial charge in [0.15, 0.2) is 5.16 Å². The lowest BCUT2D eigenvalue weighted by Crippen LogP contribution is -2.15. The molecule has 1 N–H and O–H groups in total. The highest BCUT2D eigenvalue weighted by Crippen LogP contribution is 2.34.